The van der Waals surface area contributed by atoms with Crippen molar-refractivity contribution >= 4 is 17.4 Å². The predicted octanol–water partition coefficient (Wildman–Crippen LogP) is 2.86. The lowest BCUT2D eigenvalue weighted by Gasteiger charge is -2.33. The van der Waals surface area contributed by atoms with Gasteiger partial charge in [-0.1, -0.05) is 11.6 Å². The maximum atomic E-state index is 8.97. The molecule has 5 heteroatoms. The lowest BCUT2D eigenvalue weighted by molar-refractivity contribution is 0.104. The molecule has 1 aliphatic rings. The standard InChI is InChI=1S/C14H18ClN3O/c1-2-19-10-11-4-3-7-18(9-11)14-6-5-12(15)13(8-16)17-14/h5-6,11H,2-4,7,9-10H2,1H3. The summed E-state index contributed by atoms with van der Waals surface area (Å²) in [7, 11) is 0. The molecule has 0 aliphatic carbocycles. The average Bonchev–Trinajstić information content (AvgIpc) is 2.46. The smallest absolute Gasteiger partial charge is 0.161 e. The highest BCUT2D eigenvalue weighted by Crippen LogP contribution is 2.24. The molecule has 0 N–H and O–H groups in total. The van der Waals surface area contributed by atoms with Gasteiger partial charge in [0.15, 0.2) is 5.69 Å². The SMILES string of the molecule is CCOCC1CCCN(c2ccc(Cl)c(C#N)n2)C1. The van der Waals surface area contributed by atoms with E-state index in [1.807, 2.05) is 19.1 Å². The lowest BCUT2D eigenvalue weighted by atomic mass is 9.99. The van der Waals surface area contributed by atoms with Crippen LogP contribution in [0, 0.1) is 17.2 Å². The minimum absolute atomic E-state index is 0.297. The van der Waals surface area contributed by atoms with Crippen LogP contribution >= 0.6 is 11.6 Å². The van der Waals surface area contributed by atoms with Crippen LogP contribution in [0.3, 0.4) is 0 Å². The van der Waals surface area contributed by atoms with E-state index < -0.39 is 0 Å². The number of piperidine rings is 1. The Morgan fingerprint density at radius 2 is 2.42 bits per heavy atom. The van der Waals surface area contributed by atoms with E-state index in [1.165, 1.54) is 6.42 Å². The van der Waals surface area contributed by atoms with Gasteiger partial charge >= 0.3 is 0 Å². The number of anilines is 1. The quantitative estimate of drug-likeness (QED) is 0.850. The van der Waals surface area contributed by atoms with E-state index in [9.17, 15) is 0 Å². The van der Waals surface area contributed by atoms with Crippen molar-refractivity contribution in [3.63, 3.8) is 0 Å². The predicted molar refractivity (Wildman–Crippen MR) is 75.4 cm³/mol. The Kier molecular flexibility index (Phi) is 5.00. The summed E-state index contributed by atoms with van der Waals surface area (Å²) in [6.45, 7) is 5.47. The van der Waals surface area contributed by atoms with Gasteiger partial charge < -0.3 is 9.64 Å². The molecule has 0 aromatic carbocycles. The largest absolute Gasteiger partial charge is 0.381 e. The molecule has 0 radical (unpaired) electrons. The van der Waals surface area contributed by atoms with Crippen LogP contribution in [0.25, 0.3) is 0 Å². The molecule has 0 bridgehead atoms. The summed E-state index contributed by atoms with van der Waals surface area (Å²) in [5.41, 5.74) is 0.297. The van der Waals surface area contributed by atoms with Crippen molar-refractivity contribution in [2.45, 2.75) is 19.8 Å². The van der Waals surface area contributed by atoms with Gasteiger partial charge in [0.2, 0.25) is 0 Å². The number of nitrogens with zero attached hydrogens (tertiary/aromatic N) is 3. The summed E-state index contributed by atoms with van der Waals surface area (Å²) in [5, 5.41) is 9.39. The molecular formula is C14H18ClN3O. The monoisotopic (exact) mass is 279 g/mol. The van der Waals surface area contributed by atoms with Crippen LogP contribution in [-0.4, -0.2) is 31.3 Å². The van der Waals surface area contributed by atoms with Crippen molar-refractivity contribution < 1.29 is 4.74 Å². The molecule has 1 fully saturated rings. The first kappa shape index (κ1) is 14.1. The van der Waals surface area contributed by atoms with Crippen molar-refractivity contribution in [2.75, 3.05) is 31.2 Å². The first-order valence-electron chi connectivity index (χ1n) is 6.64. The number of aromatic nitrogens is 1. The van der Waals surface area contributed by atoms with Gasteiger partial charge in [-0.3, -0.25) is 0 Å². The van der Waals surface area contributed by atoms with Gasteiger partial charge in [0, 0.05) is 19.7 Å². The van der Waals surface area contributed by atoms with Gasteiger partial charge in [0.25, 0.3) is 0 Å². The third-order valence-electron chi connectivity index (χ3n) is 3.34. The molecular weight excluding hydrogens is 262 g/mol. The van der Waals surface area contributed by atoms with E-state index in [1.54, 1.807) is 6.07 Å². The number of ether oxygens (including phenoxy) is 1. The molecule has 0 spiro atoms. The maximum Gasteiger partial charge on any atom is 0.161 e. The maximum absolute atomic E-state index is 8.97. The van der Waals surface area contributed by atoms with Gasteiger partial charge in [-0.2, -0.15) is 5.26 Å². The van der Waals surface area contributed by atoms with Crippen molar-refractivity contribution in [3.05, 3.63) is 22.8 Å². The second-order valence-electron chi connectivity index (χ2n) is 4.73. The van der Waals surface area contributed by atoms with Crippen LogP contribution in [0.4, 0.5) is 5.82 Å². The van der Waals surface area contributed by atoms with E-state index in [-0.39, 0.29) is 0 Å². The number of hydrogen-bond donors (Lipinski definition) is 0. The summed E-state index contributed by atoms with van der Waals surface area (Å²) in [5.74, 6) is 1.37. The molecule has 1 saturated heterocycles. The second-order valence-corrected chi connectivity index (χ2v) is 5.13. The van der Waals surface area contributed by atoms with Gasteiger partial charge in [-0.25, -0.2) is 4.98 Å². The number of pyridine rings is 1. The van der Waals surface area contributed by atoms with E-state index >= 15 is 0 Å². The molecule has 4 nitrogen and oxygen atoms in total. The zero-order chi connectivity index (χ0) is 13.7. The Bertz CT molecular complexity index is 472. The molecule has 102 valence electrons. The molecule has 2 rings (SSSR count). The van der Waals surface area contributed by atoms with Gasteiger partial charge in [-0.15, -0.1) is 0 Å². The van der Waals surface area contributed by atoms with Crippen LogP contribution in [0.15, 0.2) is 12.1 Å². The zero-order valence-corrected chi connectivity index (χ0v) is 11.9. The molecule has 0 saturated carbocycles. The highest BCUT2D eigenvalue weighted by molar-refractivity contribution is 6.31. The average molecular weight is 280 g/mol. The fourth-order valence-corrected chi connectivity index (χ4v) is 2.53. The highest BCUT2D eigenvalue weighted by Gasteiger charge is 2.21. The molecule has 1 aliphatic heterocycles. The molecule has 1 aromatic heterocycles. The third-order valence-corrected chi connectivity index (χ3v) is 3.64. The molecule has 19 heavy (non-hydrogen) atoms. The van der Waals surface area contributed by atoms with Crippen LogP contribution in [0.2, 0.25) is 5.02 Å². The first-order chi connectivity index (χ1) is 9.24. The zero-order valence-electron chi connectivity index (χ0n) is 11.1. The van der Waals surface area contributed by atoms with Crippen molar-refractivity contribution in [2.24, 2.45) is 5.92 Å². The summed E-state index contributed by atoms with van der Waals surface area (Å²) in [6.07, 6.45) is 2.32. The number of hydrogen-bond acceptors (Lipinski definition) is 4. The second kappa shape index (κ2) is 6.74. The summed E-state index contributed by atoms with van der Waals surface area (Å²) in [4.78, 5) is 6.53. The number of halogens is 1. The Balaban J connectivity index is 2.07. The van der Waals surface area contributed by atoms with Crippen LogP contribution in [-0.2, 0) is 4.74 Å². The number of rotatable bonds is 4. The Labute approximate surface area is 118 Å². The van der Waals surface area contributed by atoms with Crippen LogP contribution < -0.4 is 4.90 Å². The molecule has 0 amide bonds. The van der Waals surface area contributed by atoms with Crippen LogP contribution in [0.1, 0.15) is 25.5 Å². The van der Waals surface area contributed by atoms with E-state index in [2.05, 4.69) is 9.88 Å². The fraction of sp³-hybridized carbons (Fsp3) is 0.571. The molecule has 1 atom stereocenters. The third kappa shape index (κ3) is 3.59. The minimum Gasteiger partial charge on any atom is -0.381 e. The fourth-order valence-electron chi connectivity index (χ4n) is 2.38. The normalized spacial score (nSPS) is 19.2. The molecule has 1 unspecified atom stereocenters. The highest BCUT2D eigenvalue weighted by atomic mass is 35.5. The van der Waals surface area contributed by atoms with Gasteiger partial charge in [0.05, 0.1) is 11.6 Å². The van der Waals surface area contributed by atoms with Crippen molar-refractivity contribution in [1.29, 1.82) is 5.26 Å². The van der Waals surface area contributed by atoms with Gasteiger partial charge in [-0.05, 0) is 37.8 Å². The summed E-state index contributed by atoms with van der Waals surface area (Å²) >= 11 is 5.91. The van der Waals surface area contributed by atoms with Crippen molar-refractivity contribution in [3.8, 4) is 6.07 Å². The van der Waals surface area contributed by atoms with Crippen molar-refractivity contribution in [1.82, 2.24) is 4.98 Å². The lowest BCUT2D eigenvalue weighted by Crippen LogP contribution is -2.37. The van der Waals surface area contributed by atoms with Gasteiger partial charge in [0.1, 0.15) is 11.9 Å². The molecule has 2 heterocycles. The number of nitriles is 1. The van der Waals surface area contributed by atoms with Crippen LogP contribution in [0.5, 0.6) is 0 Å². The Morgan fingerprint density at radius 1 is 1.58 bits per heavy atom. The Morgan fingerprint density at radius 3 is 3.16 bits per heavy atom. The van der Waals surface area contributed by atoms with E-state index in [0.717, 1.165) is 38.5 Å². The summed E-state index contributed by atoms with van der Waals surface area (Å²) in [6, 6.07) is 5.65. The van der Waals surface area contributed by atoms with E-state index in [0.29, 0.717) is 16.6 Å². The Hall–Kier alpha value is -1.31. The first-order valence-corrected chi connectivity index (χ1v) is 7.01. The minimum atomic E-state index is 0.297. The summed E-state index contributed by atoms with van der Waals surface area (Å²) < 4.78 is 5.50. The topological polar surface area (TPSA) is 49.1 Å². The van der Waals surface area contributed by atoms with E-state index in [4.69, 9.17) is 21.6 Å². The molecule has 1 aromatic rings.